The van der Waals surface area contributed by atoms with Gasteiger partial charge < -0.3 is 5.32 Å². The lowest BCUT2D eigenvalue weighted by molar-refractivity contribution is -0.137. The maximum absolute atomic E-state index is 12.7. The third kappa shape index (κ3) is 4.70. The third-order valence-corrected chi connectivity index (χ3v) is 4.16. The molecule has 0 radical (unpaired) electrons. The molecule has 1 amide bonds. The molecular formula is C13H15BrF3NOS. The summed E-state index contributed by atoms with van der Waals surface area (Å²) in [5, 5.41) is 2.75. The van der Waals surface area contributed by atoms with Gasteiger partial charge in [0.15, 0.2) is 0 Å². The molecule has 0 saturated heterocycles. The van der Waals surface area contributed by atoms with E-state index in [-0.39, 0.29) is 11.6 Å². The Bertz CT molecular complexity index is 479. The number of amides is 1. The largest absolute Gasteiger partial charge is 0.416 e. The van der Waals surface area contributed by atoms with Crippen molar-refractivity contribution in [2.75, 3.05) is 12.0 Å². The van der Waals surface area contributed by atoms with Crippen LogP contribution in [0.5, 0.6) is 0 Å². The predicted octanol–water partition coefficient (Wildman–Crippen LogP) is 4.34. The fraction of sp³-hybridized carbons (Fsp3) is 0.462. The smallest absolute Gasteiger partial charge is 0.348 e. The quantitative estimate of drug-likeness (QED) is 0.836. The van der Waals surface area contributed by atoms with Crippen LogP contribution in [0.3, 0.4) is 0 Å². The zero-order valence-corrected chi connectivity index (χ0v) is 13.5. The first-order valence-electron chi connectivity index (χ1n) is 5.96. The Kier molecular flexibility index (Phi) is 6.39. The minimum absolute atomic E-state index is 0.000576. The molecule has 1 aromatic rings. The topological polar surface area (TPSA) is 29.1 Å². The van der Waals surface area contributed by atoms with Crippen molar-refractivity contribution in [2.45, 2.75) is 25.6 Å². The number of benzene rings is 1. The van der Waals surface area contributed by atoms with Crippen LogP contribution < -0.4 is 5.32 Å². The molecule has 0 fully saturated rings. The van der Waals surface area contributed by atoms with E-state index in [0.717, 1.165) is 24.3 Å². The van der Waals surface area contributed by atoms with E-state index >= 15 is 0 Å². The Balaban J connectivity index is 2.97. The van der Waals surface area contributed by atoms with Crippen LogP contribution in [0.15, 0.2) is 22.7 Å². The standard InChI is InChI=1S/C13H15BrF3NOS/c1-3-9(7-20-2)18-12(19)10-6-8(13(15,16)17)4-5-11(10)14/h4-6,9H,3,7H2,1-2H3,(H,18,19). The SMILES string of the molecule is CCC(CSC)NC(=O)c1cc(C(F)(F)F)ccc1Br. The van der Waals surface area contributed by atoms with Crippen molar-refractivity contribution in [3.8, 4) is 0 Å². The molecule has 0 aliphatic rings. The minimum atomic E-state index is -4.46. The van der Waals surface area contributed by atoms with Crippen molar-refractivity contribution in [1.82, 2.24) is 5.32 Å². The number of carbonyl (C=O) groups is 1. The highest BCUT2D eigenvalue weighted by atomic mass is 79.9. The fourth-order valence-electron chi connectivity index (χ4n) is 1.60. The molecule has 1 N–H and O–H groups in total. The van der Waals surface area contributed by atoms with Crippen LogP contribution in [0.2, 0.25) is 0 Å². The summed E-state index contributed by atoms with van der Waals surface area (Å²) >= 11 is 4.69. The van der Waals surface area contributed by atoms with Gasteiger partial charge in [0.05, 0.1) is 11.1 Å². The average molecular weight is 370 g/mol. The molecule has 0 aromatic heterocycles. The molecule has 1 rings (SSSR count). The first kappa shape index (κ1) is 17.4. The maximum atomic E-state index is 12.7. The molecule has 2 nitrogen and oxygen atoms in total. The Morgan fingerprint density at radius 3 is 2.60 bits per heavy atom. The van der Waals surface area contributed by atoms with Crippen LogP contribution in [-0.4, -0.2) is 24.0 Å². The Morgan fingerprint density at radius 1 is 1.45 bits per heavy atom. The van der Waals surface area contributed by atoms with Crippen molar-refractivity contribution in [3.05, 3.63) is 33.8 Å². The van der Waals surface area contributed by atoms with Gasteiger partial charge in [-0.25, -0.2) is 0 Å². The van der Waals surface area contributed by atoms with Gasteiger partial charge in [-0.2, -0.15) is 24.9 Å². The highest BCUT2D eigenvalue weighted by Gasteiger charge is 2.31. The van der Waals surface area contributed by atoms with Gasteiger partial charge in [0, 0.05) is 16.3 Å². The van der Waals surface area contributed by atoms with Gasteiger partial charge in [0.25, 0.3) is 5.91 Å². The van der Waals surface area contributed by atoms with E-state index in [1.807, 2.05) is 13.2 Å². The lowest BCUT2D eigenvalue weighted by Crippen LogP contribution is -2.36. The lowest BCUT2D eigenvalue weighted by atomic mass is 10.1. The molecule has 20 heavy (non-hydrogen) atoms. The predicted molar refractivity (Wildman–Crippen MR) is 79.1 cm³/mol. The second-order valence-corrected chi connectivity index (χ2v) is 5.99. The van der Waals surface area contributed by atoms with Crippen LogP contribution in [0.25, 0.3) is 0 Å². The van der Waals surface area contributed by atoms with E-state index in [2.05, 4.69) is 21.2 Å². The third-order valence-electron chi connectivity index (χ3n) is 2.73. The van der Waals surface area contributed by atoms with E-state index in [4.69, 9.17) is 0 Å². The summed E-state index contributed by atoms with van der Waals surface area (Å²) in [6.45, 7) is 1.92. The molecule has 112 valence electrons. The summed E-state index contributed by atoms with van der Waals surface area (Å²) in [4.78, 5) is 12.1. The number of nitrogens with one attached hydrogen (secondary N) is 1. The summed E-state index contributed by atoms with van der Waals surface area (Å²) in [7, 11) is 0. The monoisotopic (exact) mass is 369 g/mol. The second kappa shape index (κ2) is 7.36. The molecule has 1 atom stereocenters. The van der Waals surface area contributed by atoms with E-state index in [9.17, 15) is 18.0 Å². The summed E-state index contributed by atoms with van der Waals surface area (Å²) in [6.07, 6.45) is -1.82. The number of carbonyl (C=O) groups excluding carboxylic acids is 1. The van der Waals surface area contributed by atoms with E-state index in [1.54, 1.807) is 11.8 Å². The second-order valence-electron chi connectivity index (χ2n) is 4.23. The fourth-order valence-corrected chi connectivity index (χ4v) is 2.75. The molecule has 0 aliphatic heterocycles. The van der Waals surface area contributed by atoms with E-state index < -0.39 is 17.6 Å². The van der Waals surface area contributed by atoms with E-state index in [1.165, 1.54) is 6.07 Å². The highest BCUT2D eigenvalue weighted by Crippen LogP contribution is 2.31. The van der Waals surface area contributed by atoms with Crippen molar-refractivity contribution in [3.63, 3.8) is 0 Å². The highest BCUT2D eigenvalue weighted by molar-refractivity contribution is 9.10. The Labute approximate surface area is 128 Å². The Hall–Kier alpha value is -0.690. The molecule has 0 spiro atoms. The summed E-state index contributed by atoms with van der Waals surface area (Å²) in [5.41, 5.74) is -0.830. The molecule has 0 bridgehead atoms. The lowest BCUT2D eigenvalue weighted by Gasteiger charge is -2.17. The number of halogens is 4. The van der Waals surface area contributed by atoms with Gasteiger partial charge in [-0.1, -0.05) is 6.92 Å². The van der Waals surface area contributed by atoms with Gasteiger partial charge in [-0.3, -0.25) is 4.79 Å². The van der Waals surface area contributed by atoms with Crippen molar-refractivity contribution < 1.29 is 18.0 Å². The number of hydrogen-bond acceptors (Lipinski definition) is 2. The summed E-state index contributed by atoms with van der Waals surface area (Å²) in [5.74, 6) is 0.225. The molecular weight excluding hydrogens is 355 g/mol. The number of hydrogen-bond donors (Lipinski definition) is 1. The molecule has 1 aromatic carbocycles. The van der Waals surface area contributed by atoms with Crippen LogP contribution in [0.1, 0.15) is 29.3 Å². The van der Waals surface area contributed by atoms with Gasteiger partial charge in [-0.15, -0.1) is 0 Å². The van der Waals surface area contributed by atoms with Gasteiger partial charge in [0.1, 0.15) is 0 Å². The van der Waals surface area contributed by atoms with Gasteiger partial charge >= 0.3 is 6.18 Å². The van der Waals surface area contributed by atoms with Crippen molar-refractivity contribution >= 4 is 33.6 Å². The first-order valence-corrected chi connectivity index (χ1v) is 8.14. The van der Waals surface area contributed by atoms with Crippen molar-refractivity contribution in [2.24, 2.45) is 0 Å². The first-order chi connectivity index (χ1) is 9.29. The van der Waals surface area contributed by atoms with Gasteiger partial charge in [-0.05, 0) is 46.8 Å². The van der Waals surface area contributed by atoms with Crippen molar-refractivity contribution in [1.29, 1.82) is 0 Å². The van der Waals surface area contributed by atoms with Crippen LogP contribution in [0, 0.1) is 0 Å². The van der Waals surface area contributed by atoms with Crippen LogP contribution >= 0.6 is 27.7 Å². The van der Waals surface area contributed by atoms with Gasteiger partial charge in [0.2, 0.25) is 0 Å². The molecule has 1 unspecified atom stereocenters. The Morgan fingerprint density at radius 2 is 2.10 bits per heavy atom. The van der Waals surface area contributed by atoms with Crippen LogP contribution in [0.4, 0.5) is 13.2 Å². The molecule has 7 heteroatoms. The van der Waals surface area contributed by atoms with E-state index in [0.29, 0.717) is 4.47 Å². The maximum Gasteiger partial charge on any atom is 0.416 e. The zero-order chi connectivity index (χ0) is 15.3. The number of rotatable bonds is 5. The summed E-state index contributed by atoms with van der Waals surface area (Å²) in [6, 6.07) is 3.00. The number of thioether (sulfide) groups is 1. The average Bonchev–Trinajstić information content (AvgIpc) is 2.37. The zero-order valence-electron chi connectivity index (χ0n) is 11.1. The molecule has 0 heterocycles. The molecule has 0 saturated carbocycles. The molecule has 0 aliphatic carbocycles. The normalized spacial score (nSPS) is 13.1. The minimum Gasteiger partial charge on any atom is -0.348 e. The summed E-state index contributed by atoms with van der Waals surface area (Å²) < 4.78 is 38.3. The number of alkyl halides is 3. The van der Waals surface area contributed by atoms with Crippen LogP contribution in [-0.2, 0) is 6.18 Å².